The Morgan fingerprint density at radius 2 is 1.80 bits per heavy atom. The number of carbonyl (C=O) groups excluding carboxylic acids is 1. The van der Waals surface area contributed by atoms with Crippen LogP contribution in [-0.2, 0) is 4.79 Å². The first-order valence-electron chi connectivity index (χ1n) is 6.91. The van der Waals surface area contributed by atoms with Crippen LogP contribution in [0.5, 0.6) is 0 Å². The average molecular weight is 284 g/mol. The van der Waals surface area contributed by atoms with Crippen LogP contribution in [0.3, 0.4) is 0 Å². The molecule has 0 aliphatic carbocycles. The van der Waals surface area contributed by atoms with Crippen LogP contribution in [-0.4, -0.2) is 18.5 Å². The Hall–Kier alpha value is -1.49. The van der Waals surface area contributed by atoms with Crippen LogP contribution in [0, 0.1) is 11.6 Å². The van der Waals surface area contributed by atoms with E-state index < -0.39 is 11.6 Å². The van der Waals surface area contributed by atoms with Gasteiger partial charge in [0, 0.05) is 31.1 Å². The van der Waals surface area contributed by atoms with Crippen molar-refractivity contribution in [2.45, 2.75) is 45.7 Å². The zero-order chi connectivity index (χ0) is 15.1. The number of halogens is 2. The molecule has 0 aliphatic rings. The predicted octanol–water partition coefficient (Wildman–Crippen LogP) is 2.92. The Morgan fingerprint density at radius 1 is 1.20 bits per heavy atom. The molecule has 0 radical (unpaired) electrons. The van der Waals surface area contributed by atoms with Crippen LogP contribution >= 0.6 is 0 Å². The highest BCUT2D eigenvalue weighted by Gasteiger charge is 2.10. The van der Waals surface area contributed by atoms with Crippen LogP contribution in [0.15, 0.2) is 18.2 Å². The van der Waals surface area contributed by atoms with Crippen molar-refractivity contribution in [3.05, 3.63) is 35.4 Å². The molecular weight excluding hydrogens is 262 g/mol. The largest absolute Gasteiger partial charge is 0.354 e. The molecule has 1 aromatic rings. The molecule has 0 heterocycles. The Labute approximate surface area is 118 Å². The second-order valence-corrected chi connectivity index (χ2v) is 5.01. The molecule has 1 rings (SSSR count). The van der Waals surface area contributed by atoms with Gasteiger partial charge in [-0.25, -0.2) is 8.78 Å². The topological polar surface area (TPSA) is 41.1 Å². The summed E-state index contributed by atoms with van der Waals surface area (Å²) in [4.78, 5) is 11.6. The zero-order valence-corrected chi connectivity index (χ0v) is 12.2. The molecule has 0 spiro atoms. The number of hydrogen-bond donors (Lipinski definition) is 2. The number of carbonyl (C=O) groups is 1. The lowest BCUT2D eigenvalue weighted by molar-refractivity contribution is -0.121. The van der Waals surface area contributed by atoms with E-state index in [1.807, 2.05) is 13.8 Å². The van der Waals surface area contributed by atoms with Crippen molar-refractivity contribution in [2.75, 3.05) is 6.54 Å². The molecule has 0 bridgehead atoms. The Morgan fingerprint density at radius 3 is 2.35 bits per heavy atom. The van der Waals surface area contributed by atoms with E-state index in [1.54, 1.807) is 6.92 Å². The lowest BCUT2D eigenvalue weighted by Gasteiger charge is -2.15. The third-order valence-electron chi connectivity index (χ3n) is 3.21. The molecule has 0 saturated heterocycles. The summed E-state index contributed by atoms with van der Waals surface area (Å²) in [5.41, 5.74) is 0.532. The monoisotopic (exact) mass is 284 g/mol. The number of rotatable bonds is 7. The van der Waals surface area contributed by atoms with Gasteiger partial charge in [-0.05, 0) is 38.0 Å². The summed E-state index contributed by atoms with van der Waals surface area (Å²) in [6, 6.07) is 3.38. The van der Waals surface area contributed by atoms with Crippen molar-refractivity contribution in [2.24, 2.45) is 0 Å². The third kappa shape index (κ3) is 5.65. The highest BCUT2D eigenvalue weighted by molar-refractivity contribution is 5.76. The molecule has 20 heavy (non-hydrogen) atoms. The van der Waals surface area contributed by atoms with Gasteiger partial charge < -0.3 is 10.6 Å². The van der Waals surface area contributed by atoms with Crippen molar-refractivity contribution in [3.63, 3.8) is 0 Å². The van der Waals surface area contributed by atoms with E-state index in [2.05, 4.69) is 10.6 Å². The molecule has 0 fully saturated rings. The first-order valence-corrected chi connectivity index (χ1v) is 6.91. The molecule has 0 aliphatic heterocycles. The molecule has 0 aromatic heterocycles. The average Bonchev–Trinajstić information content (AvgIpc) is 2.37. The smallest absolute Gasteiger partial charge is 0.221 e. The van der Waals surface area contributed by atoms with Gasteiger partial charge in [-0.1, -0.05) is 6.92 Å². The first kappa shape index (κ1) is 16.6. The molecule has 0 saturated carbocycles. The maximum atomic E-state index is 13.1. The van der Waals surface area contributed by atoms with E-state index in [-0.39, 0.29) is 18.0 Å². The Bertz CT molecular complexity index is 431. The van der Waals surface area contributed by atoms with Crippen LogP contribution < -0.4 is 10.6 Å². The van der Waals surface area contributed by atoms with Gasteiger partial charge in [0.05, 0.1) is 0 Å². The SMILES string of the molecule is CCC(C)NC(=O)CCNC(C)c1cc(F)cc(F)c1. The molecule has 2 unspecified atom stereocenters. The number of benzene rings is 1. The molecule has 1 amide bonds. The van der Waals surface area contributed by atoms with Crippen LogP contribution in [0.25, 0.3) is 0 Å². The Kier molecular flexibility index (Phi) is 6.58. The van der Waals surface area contributed by atoms with Gasteiger partial charge in [-0.15, -0.1) is 0 Å². The molecule has 112 valence electrons. The van der Waals surface area contributed by atoms with Gasteiger partial charge in [-0.3, -0.25) is 4.79 Å². The summed E-state index contributed by atoms with van der Waals surface area (Å²) in [5, 5.41) is 5.94. The summed E-state index contributed by atoms with van der Waals surface area (Å²) < 4.78 is 26.2. The zero-order valence-electron chi connectivity index (χ0n) is 12.2. The van der Waals surface area contributed by atoms with Crippen molar-refractivity contribution in [3.8, 4) is 0 Å². The molecule has 3 nitrogen and oxygen atoms in total. The van der Waals surface area contributed by atoms with E-state index >= 15 is 0 Å². The highest BCUT2D eigenvalue weighted by atomic mass is 19.1. The van der Waals surface area contributed by atoms with E-state index in [0.29, 0.717) is 18.5 Å². The van der Waals surface area contributed by atoms with Crippen molar-refractivity contribution in [1.82, 2.24) is 10.6 Å². The molecule has 1 aromatic carbocycles. The van der Waals surface area contributed by atoms with Gasteiger partial charge in [0.2, 0.25) is 5.91 Å². The van der Waals surface area contributed by atoms with Crippen molar-refractivity contribution < 1.29 is 13.6 Å². The number of hydrogen-bond acceptors (Lipinski definition) is 2. The van der Waals surface area contributed by atoms with Crippen molar-refractivity contribution in [1.29, 1.82) is 0 Å². The molecule has 5 heteroatoms. The summed E-state index contributed by atoms with van der Waals surface area (Å²) >= 11 is 0. The van der Waals surface area contributed by atoms with Crippen molar-refractivity contribution >= 4 is 5.91 Å². The summed E-state index contributed by atoms with van der Waals surface area (Å²) in [6.07, 6.45) is 1.23. The van der Waals surface area contributed by atoms with Gasteiger partial charge in [0.25, 0.3) is 0 Å². The van der Waals surface area contributed by atoms with Gasteiger partial charge >= 0.3 is 0 Å². The van der Waals surface area contributed by atoms with Crippen LogP contribution in [0.1, 0.15) is 45.2 Å². The maximum Gasteiger partial charge on any atom is 0.221 e. The summed E-state index contributed by atoms with van der Waals surface area (Å²) in [6.45, 7) is 6.22. The van der Waals surface area contributed by atoms with E-state index in [4.69, 9.17) is 0 Å². The second kappa shape index (κ2) is 7.94. The molecule has 2 atom stereocenters. The standard InChI is InChI=1S/C15H22F2N2O/c1-4-10(2)19-15(20)5-6-18-11(3)12-7-13(16)9-14(17)8-12/h7-11,18H,4-6H2,1-3H3,(H,19,20). The Balaban J connectivity index is 2.39. The first-order chi connectivity index (χ1) is 9.42. The number of amides is 1. The van der Waals surface area contributed by atoms with E-state index in [9.17, 15) is 13.6 Å². The lowest BCUT2D eigenvalue weighted by atomic mass is 10.1. The van der Waals surface area contributed by atoms with Gasteiger partial charge in [0.15, 0.2) is 0 Å². The second-order valence-electron chi connectivity index (χ2n) is 5.01. The van der Waals surface area contributed by atoms with Crippen LogP contribution in [0.4, 0.5) is 8.78 Å². The fraction of sp³-hybridized carbons (Fsp3) is 0.533. The normalized spacial score (nSPS) is 13.8. The molecule has 2 N–H and O–H groups in total. The minimum Gasteiger partial charge on any atom is -0.354 e. The lowest BCUT2D eigenvalue weighted by Crippen LogP contribution is -2.34. The fourth-order valence-corrected chi connectivity index (χ4v) is 1.79. The quantitative estimate of drug-likeness (QED) is 0.808. The maximum absolute atomic E-state index is 13.1. The van der Waals surface area contributed by atoms with Gasteiger partial charge in [0.1, 0.15) is 11.6 Å². The minimum absolute atomic E-state index is 0.0236. The summed E-state index contributed by atoms with van der Waals surface area (Å²) in [7, 11) is 0. The fourth-order valence-electron chi connectivity index (χ4n) is 1.79. The highest BCUT2D eigenvalue weighted by Crippen LogP contribution is 2.15. The molecular formula is C15H22F2N2O. The summed E-state index contributed by atoms with van der Waals surface area (Å²) in [5.74, 6) is -1.21. The van der Waals surface area contributed by atoms with E-state index in [0.717, 1.165) is 12.5 Å². The predicted molar refractivity (Wildman–Crippen MR) is 75.3 cm³/mol. The van der Waals surface area contributed by atoms with Gasteiger partial charge in [-0.2, -0.15) is 0 Å². The number of nitrogens with one attached hydrogen (secondary N) is 2. The third-order valence-corrected chi connectivity index (χ3v) is 3.21. The minimum atomic E-state index is -0.594. The van der Waals surface area contributed by atoms with Crippen LogP contribution in [0.2, 0.25) is 0 Å². The van der Waals surface area contributed by atoms with E-state index in [1.165, 1.54) is 12.1 Å².